The SMILES string of the molecule is CSc1ccc(NC(=O)N2CCOC[C@@H]2C[C@H](O)c2cccs2)cc1F. The number of thioether (sulfide) groups is 1. The smallest absolute Gasteiger partial charge is 0.322 e. The standard InChI is InChI=1S/C18H21FN2O3S2/c1-25-16-5-4-12(9-14(16)19)20-18(23)21-6-7-24-11-13(21)10-15(22)17-3-2-8-26-17/h2-5,8-9,13,15,22H,6-7,10-11H2,1H3,(H,20,23)/t13-,15-/m0/s1. The van der Waals surface area contributed by atoms with Crippen LogP contribution in [0.5, 0.6) is 0 Å². The van der Waals surface area contributed by atoms with Crippen molar-refractivity contribution in [2.75, 3.05) is 31.3 Å². The van der Waals surface area contributed by atoms with Gasteiger partial charge in [-0.15, -0.1) is 23.1 Å². The van der Waals surface area contributed by atoms with Gasteiger partial charge in [0.1, 0.15) is 5.82 Å². The van der Waals surface area contributed by atoms with E-state index in [9.17, 15) is 14.3 Å². The Morgan fingerprint density at radius 2 is 2.38 bits per heavy atom. The number of morpholine rings is 1. The van der Waals surface area contributed by atoms with Crippen molar-refractivity contribution in [1.29, 1.82) is 0 Å². The Morgan fingerprint density at radius 1 is 1.54 bits per heavy atom. The van der Waals surface area contributed by atoms with Gasteiger partial charge in [-0.3, -0.25) is 0 Å². The largest absolute Gasteiger partial charge is 0.387 e. The van der Waals surface area contributed by atoms with Gasteiger partial charge in [-0.05, 0) is 35.9 Å². The Bertz CT molecular complexity index is 742. The van der Waals surface area contributed by atoms with Gasteiger partial charge < -0.3 is 20.1 Å². The number of nitrogens with one attached hydrogen (secondary N) is 1. The predicted molar refractivity (Wildman–Crippen MR) is 102 cm³/mol. The number of halogens is 1. The number of urea groups is 1. The number of nitrogens with zero attached hydrogens (tertiary/aromatic N) is 1. The second-order valence-corrected chi connectivity index (χ2v) is 7.80. The summed E-state index contributed by atoms with van der Waals surface area (Å²) in [4.78, 5) is 15.7. The summed E-state index contributed by atoms with van der Waals surface area (Å²) in [6.45, 7) is 1.24. The topological polar surface area (TPSA) is 61.8 Å². The molecule has 8 heteroatoms. The first kappa shape index (κ1) is 19.2. The van der Waals surface area contributed by atoms with Crippen LogP contribution in [0.15, 0.2) is 40.6 Å². The zero-order valence-electron chi connectivity index (χ0n) is 14.4. The first-order chi connectivity index (χ1) is 12.6. The number of ether oxygens (including phenoxy) is 1. The van der Waals surface area contributed by atoms with Crippen LogP contribution in [0, 0.1) is 5.82 Å². The molecule has 1 fully saturated rings. The number of hydrogen-bond acceptors (Lipinski definition) is 5. The van der Waals surface area contributed by atoms with E-state index in [4.69, 9.17) is 4.74 Å². The second kappa shape index (κ2) is 8.85. The van der Waals surface area contributed by atoms with Crippen LogP contribution in [0.3, 0.4) is 0 Å². The van der Waals surface area contributed by atoms with Crippen molar-refractivity contribution in [2.45, 2.75) is 23.5 Å². The van der Waals surface area contributed by atoms with E-state index in [1.165, 1.54) is 29.2 Å². The molecule has 26 heavy (non-hydrogen) atoms. The summed E-state index contributed by atoms with van der Waals surface area (Å²) in [6, 6.07) is 7.86. The number of carbonyl (C=O) groups excluding carboxylic acids is 1. The molecule has 2 N–H and O–H groups in total. The minimum atomic E-state index is -0.643. The Hall–Kier alpha value is -1.61. The molecule has 5 nitrogen and oxygen atoms in total. The first-order valence-corrected chi connectivity index (χ1v) is 10.4. The predicted octanol–water partition coefficient (Wildman–Crippen LogP) is 3.97. The van der Waals surface area contributed by atoms with E-state index in [1.807, 2.05) is 17.5 Å². The van der Waals surface area contributed by atoms with Gasteiger partial charge in [-0.2, -0.15) is 0 Å². The zero-order valence-corrected chi connectivity index (χ0v) is 16.0. The van der Waals surface area contributed by atoms with Crippen LogP contribution in [0.25, 0.3) is 0 Å². The van der Waals surface area contributed by atoms with Crippen LogP contribution in [0.1, 0.15) is 17.4 Å². The third kappa shape index (κ3) is 4.56. The molecule has 0 saturated carbocycles. The molecule has 2 amide bonds. The minimum Gasteiger partial charge on any atom is -0.387 e. The summed E-state index contributed by atoms with van der Waals surface area (Å²) in [5, 5.41) is 15.0. The lowest BCUT2D eigenvalue weighted by Crippen LogP contribution is -2.50. The minimum absolute atomic E-state index is 0.240. The van der Waals surface area contributed by atoms with Gasteiger partial charge in [0.15, 0.2) is 0 Å². The third-order valence-electron chi connectivity index (χ3n) is 4.26. The van der Waals surface area contributed by atoms with Crippen molar-refractivity contribution in [2.24, 2.45) is 0 Å². The summed E-state index contributed by atoms with van der Waals surface area (Å²) >= 11 is 2.80. The van der Waals surface area contributed by atoms with Gasteiger partial charge in [0, 0.05) is 28.4 Å². The highest BCUT2D eigenvalue weighted by Crippen LogP contribution is 2.27. The lowest BCUT2D eigenvalue weighted by Gasteiger charge is -2.36. The molecule has 1 saturated heterocycles. The zero-order chi connectivity index (χ0) is 18.5. The number of aliphatic hydroxyl groups is 1. The van der Waals surface area contributed by atoms with Crippen molar-refractivity contribution >= 4 is 34.8 Å². The molecule has 0 spiro atoms. The number of anilines is 1. The molecule has 0 radical (unpaired) electrons. The normalized spacial score (nSPS) is 18.6. The van der Waals surface area contributed by atoms with Gasteiger partial charge in [0.05, 0.1) is 25.4 Å². The summed E-state index contributed by atoms with van der Waals surface area (Å²) in [6.07, 6.45) is 1.55. The number of benzene rings is 1. The van der Waals surface area contributed by atoms with Crippen LogP contribution < -0.4 is 5.32 Å². The van der Waals surface area contributed by atoms with Crippen molar-refractivity contribution in [3.63, 3.8) is 0 Å². The second-order valence-electron chi connectivity index (χ2n) is 5.97. The molecule has 1 aliphatic heterocycles. The molecule has 1 aliphatic rings. The van der Waals surface area contributed by atoms with E-state index in [1.54, 1.807) is 23.3 Å². The highest BCUT2D eigenvalue weighted by molar-refractivity contribution is 7.98. The Kier molecular flexibility index (Phi) is 6.53. The maximum atomic E-state index is 13.9. The molecule has 140 valence electrons. The molecule has 2 heterocycles. The highest BCUT2D eigenvalue weighted by atomic mass is 32.2. The van der Waals surface area contributed by atoms with Crippen molar-refractivity contribution in [3.8, 4) is 0 Å². The van der Waals surface area contributed by atoms with E-state index < -0.39 is 6.10 Å². The highest BCUT2D eigenvalue weighted by Gasteiger charge is 2.30. The van der Waals surface area contributed by atoms with Gasteiger partial charge in [-0.1, -0.05) is 6.07 Å². The number of aliphatic hydroxyl groups excluding tert-OH is 1. The van der Waals surface area contributed by atoms with E-state index in [0.29, 0.717) is 36.8 Å². The number of amides is 2. The van der Waals surface area contributed by atoms with Crippen LogP contribution in [0.4, 0.5) is 14.9 Å². The van der Waals surface area contributed by atoms with Gasteiger partial charge in [0.25, 0.3) is 0 Å². The third-order valence-corrected chi connectivity index (χ3v) is 6.00. The quantitative estimate of drug-likeness (QED) is 0.751. The van der Waals surface area contributed by atoms with Gasteiger partial charge in [-0.25, -0.2) is 9.18 Å². The molecule has 0 aliphatic carbocycles. The van der Waals surface area contributed by atoms with Crippen LogP contribution in [-0.4, -0.2) is 48.1 Å². The molecule has 1 aromatic carbocycles. The fourth-order valence-corrected chi connectivity index (χ4v) is 4.09. The molecule has 1 aromatic heterocycles. The Morgan fingerprint density at radius 3 is 3.08 bits per heavy atom. The molecule has 0 bridgehead atoms. The molecular formula is C18H21FN2O3S2. The lowest BCUT2D eigenvalue weighted by atomic mass is 10.1. The van der Waals surface area contributed by atoms with Crippen LogP contribution in [0.2, 0.25) is 0 Å². The molecule has 0 unspecified atom stereocenters. The summed E-state index contributed by atoms with van der Waals surface area (Å²) < 4.78 is 19.4. The van der Waals surface area contributed by atoms with E-state index in [0.717, 1.165) is 4.88 Å². The lowest BCUT2D eigenvalue weighted by molar-refractivity contribution is -0.00382. The number of rotatable bonds is 5. The monoisotopic (exact) mass is 396 g/mol. The van der Waals surface area contributed by atoms with E-state index in [-0.39, 0.29) is 17.9 Å². The molecule has 2 aromatic rings. The average molecular weight is 397 g/mol. The molecule has 3 rings (SSSR count). The Labute approximate surface area is 160 Å². The van der Waals surface area contributed by atoms with Crippen LogP contribution in [-0.2, 0) is 4.74 Å². The number of thiophene rings is 1. The fraction of sp³-hybridized carbons (Fsp3) is 0.389. The number of hydrogen-bond donors (Lipinski definition) is 2. The maximum absolute atomic E-state index is 13.9. The van der Waals surface area contributed by atoms with E-state index in [2.05, 4.69) is 5.32 Å². The van der Waals surface area contributed by atoms with Gasteiger partial charge in [0.2, 0.25) is 0 Å². The summed E-state index contributed by atoms with van der Waals surface area (Å²) in [5.41, 5.74) is 0.411. The first-order valence-electron chi connectivity index (χ1n) is 8.29. The maximum Gasteiger partial charge on any atom is 0.322 e. The van der Waals surface area contributed by atoms with Crippen molar-refractivity contribution < 1.29 is 19.0 Å². The van der Waals surface area contributed by atoms with Crippen molar-refractivity contribution in [1.82, 2.24) is 4.90 Å². The Balaban J connectivity index is 1.66. The molecule has 2 atom stereocenters. The van der Waals surface area contributed by atoms with Gasteiger partial charge >= 0.3 is 6.03 Å². The fourth-order valence-electron chi connectivity index (χ4n) is 2.91. The average Bonchev–Trinajstić information content (AvgIpc) is 3.17. The van der Waals surface area contributed by atoms with E-state index >= 15 is 0 Å². The van der Waals surface area contributed by atoms with Crippen molar-refractivity contribution in [3.05, 3.63) is 46.4 Å². The number of carbonyl (C=O) groups is 1. The summed E-state index contributed by atoms with van der Waals surface area (Å²) in [5.74, 6) is -0.359. The molecular weight excluding hydrogens is 375 g/mol. The summed E-state index contributed by atoms with van der Waals surface area (Å²) in [7, 11) is 0. The van der Waals surface area contributed by atoms with Crippen LogP contribution >= 0.6 is 23.1 Å².